The average molecular weight is 285 g/mol. The summed E-state index contributed by atoms with van der Waals surface area (Å²) in [6.07, 6.45) is 4.76. The monoisotopic (exact) mass is 285 g/mol. The largest absolute Gasteiger partial charge is 0.463 e. The van der Waals surface area contributed by atoms with Crippen LogP contribution in [-0.2, 0) is 17.6 Å². The summed E-state index contributed by atoms with van der Waals surface area (Å²) in [6.45, 7) is 0.611. The van der Waals surface area contributed by atoms with Gasteiger partial charge in [-0.25, -0.2) is 9.98 Å². The van der Waals surface area contributed by atoms with E-state index in [0.29, 0.717) is 12.6 Å². The van der Waals surface area contributed by atoms with E-state index in [2.05, 4.69) is 28.2 Å². The maximum absolute atomic E-state index is 5.69. The maximum Gasteiger partial charge on any atom is 0.282 e. The number of aromatic nitrogens is 1. The quantitative estimate of drug-likeness (QED) is 0.875. The van der Waals surface area contributed by atoms with Gasteiger partial charge in [0.15, 0.2) is 0 Å². The molecule has 2 heterocycles. The van der Waals surface area contributed by atoms with Crippen molar-refractivity contribution in [1.29, 1.82) is 0 Å². The molecule has 2 aliphatic rings. The van der Waals surface area contributed by atoms with Gasteiger partial charge >= 0.3 is 0 Å². The number of aliphatic imine (C=N–C) groups is 1. The Labute approximate surface area is 121 Å². The van der Waals surface area contributed by atoms with Gasteiger partial charge in [0.2, 0.25) is 0 Å². The molecule has 1 aliphatic heterocycles. The van der Waals surface area contributed by atoms with Crippen molar-refractivity contribution < 1.29 is 4.74 Å². The van der Waals surface area contributed by atoms with Gasteiger partial charge in [-0.2, -0.15) is 0 Å². The third-order valence-corrected chi connectivity index (χ3v) is 4.94. The van der Waals surface area contributed by atoms with E-state index in [-0.39, 0.29) is 5.54 Å². The third-order valence-electron chi connectivity index (χ3n) is 4.13. The number of hydrogen-bond acceptors (Lipinski definition) is 5. The van der Waals surface area contributed by atoms with E-state index in [9.17, 15) is 0 Å². The minimum absolute atomic E-state index is 0.140. The van der Waals surface area contributed by atoms with Gasteiger partial charge in [-0.15, -0.1) is 11.3 Å². The van der Waals surface area contributed by atoms with Crippen molar-refractivity contribution in [3.05, 3.63) is 40.9 Å². The lowest BCUT2D eigenvalue weighted by Crippen LogP contribution is -2.35. The van der Waals surface area contributed by atoms with Crippen molar-refractivity contribution in [2.45, 2.75) is 24.8 Å². The number of fused-ring (bicyclic) bond motifs is 1. The molecule has 20 heavy (non-hydrogen) atoms. The molecule has 1 unspecified atom stereocenters. The third kappa shape index (κ3) is 1.81. The summed E-state index contributed by atoms with van der Waals surface area (Å²) in [5, 5.41) is 3.12. The van der Waals surface area contributed by atoms with E-state index in [1.165, 1.54) is 16.7 Å². The van der Waals surface area contributed by atoms with Crippen molar-refractivity contribution in [1.82, 2.24) is 4.98 Å². The zero-order chi connectivity index (χ0) is 13.6. The van der Waals surface area contributed by atoms with Gasteiger partial charge in [-0.3, -0.25) is 0 Å². The zero-order valence-electron chi connectivity index (χ0n) is 11.0. The Hall–Kier alpha value is -1.88. The fourth-order valence-corrected chi connectivity index (χ4v) is 3.87. The number of thiazole rings is 1. The van der Waals surface area contributed by atoms with Gasteiger partial charge in [0, 0.05) is 23.6 Å². The number of ether oxygens (including phenoxy) is 1. The molecule has 102 valence electrons. The summed E-state index contributed by atoms with van der Waals surface area (Å²) in [7, 11) is 0. The van der Waals surface area contributed by atoms with Crippen LogP contribution in [0, 0.1) is 0 Å². The van der Waals surface area contributed by atoms with Gasteiger partial charge in [-0.05, 0) is 24.0 Å². The summed E-state index contributed by atoms with van der Waals surface area (Å²) >= 11 is 1.69. The Kier molecular flexibility index (Phi) is 2.57. The van der Waals surface area contributed by atoms with Crippen LogP contribution in [0.25, 0.3) is 10.6 Å². The molecular weight excluding hydrogens is 270 g/mol. The molecule has 1 aromatic carbocycles. The van der Waals surface area contributed by atoms with Gasteiger partial charge < -0.3 is 10.5 Å². The first-order valence-corrected chi connectivity index (χ1v) is 7.63. The fraction of sp³-hybridized carbons (Fsp3) is 0.333. The molecule has 0 saturated heterocycles. The molecule has 0 bridgehead atoms. The number of nitrogens with two attached hydrogens (primary N) is 1. The summed E-state index contributed by atoms with van der Waals surface area (Å²) in [5.41, 5.74) is 9.58. The summed E-state index contributed by atoms with van der Waals surface area (Å²) in [6, 6.07) is 6.80. The highest BCUT2D eigenvalue weighted by Gasteiger charge is 2.39. The van der Waals surface area contributed by atoms with Crippen LogP contribution < -0.4 is 5.73 Å². The molecule has 0 amide bonds. The highest BCUT2D eigenvalue weighted by molar-refractivity contribution is 7.13. The Balaban J connectivity index is 1.76. The van der Waals surface area contributed by atoms with E-state index >= 15 is 0 Å². The van der Waals surface area contributed by atoms with Gasteiger partial charge in [0.05, 0.1) is 0 Å². The van der Waals surface area contributed by atoms with Crippen LogP contribution in [0.5, 0.6) is 0 Å². The summed E-state index contributed by atoms with van der Waals surface area (Å²) < 4.78 is 5.38. The number of nitrogens with zero attached hydrogens (tertiary/aromatic N) is 2. The molecule has 1 atom stereocenters. The highest BCUT2D eigenvalue weighted by Crippen LogP contribution is 2.38. The standard InChI is InChI=1S/C15H15N3OS/c16-14-18-15(9-19-14)5-4-11-10(8-15)2-1-3-12(11)13-17-6-7-20-13/h1-3,6-7H,4-5,8-9H2,(H2,16,18). The molecule has 1 aliphatic carbocycles. The van der Waals surface area contributed by atoms with Crippen molar-refractivity contribution in [2.75, 3.05) is 6.61 Å². The Morgan fingerprint density at radius 2 is 2.30 bits per heavy atom. The van der Waals surface area contributed by atoms with E-state index < -0.39 is 0 Å². The first-order valence-electron chi connectivity index (χ1n) is 6.75. The SMILES string of the molecule is NC1=NC2(CCc3c(cccc3-c3nccs3)C2)CO1. The van der Waals surface area contributed by atoms with Crippen LogP contribution in [0.4, 0.5) is 0 Å². The minimum Gasteiger partial charge on any atom is -0.463 e. The van der Waals surface area contributed by atoms with Gasteiger partial charge in [-0.1, -0.05) is 18.2 Å². The molecular formula is C15H15N3OS. The molecule has 0 radical (unpaired) electrons. The summed E-state index contributed by atoms with van der Waals surface area (Å²) in [5.74, 6) is 0. The average Bonchev–Trinajstić information content (AvgIpc) is 3.09. The second kappa shape index (κ2) is 4.31. The van der Waals surface area contributed by atoms with Crippen LogP contribution in [-0.4, -0.2) is 23.2 Å². The molecule has 2 N–H and O–H groups in total. The predicted molar refractivity (Wildman–Crippen MR) is 79.9 cm³/mol. The molecule has 2 aromatic rings. The Morgan fingerprint density at radius 1 is 1.35 bits per heavy atom. The summed E-state index contributed by atoms with van der Waals surface area (Å²) in [4.78, 5) is 8.97. The molecule has 0 saturated carbocycles. The van der Waals surface area contributed by atoms with Crippen molar-refractivity contribution in [2.24, 2.45) is 10.7 Å². The number of amidine groups is 1. The molecule has 1 spiro atoms. The molecule has 4 rings (SSSR count). The van der Waals surface area contributed by atoms with Gasteiger partial charge in [0.1, 0.15) is 17.2 Å². The Morgan fingerprint density at radius 3 is 3.05 bits per heavy atom. The van der Waals surface area contributed by atoms with E-state index in [1.54, 1.807) is 11.3 Å². The second-order valence-corrected chi connectivity index (χ2v) is 6.31. The Bertz CT molecular complexity index is 680. The fourth-order valence-electron chi connectivity index (χ4n) is 3.18. The lowest BCUT2D eigenvalue weighted by atomic mass is 9.77. The second-order valence-electron chi connectivity index (χ2n) is 5.42. The zero-order valence-corrected chi connectivity index (χ0v) is 11.8. The minimum atomic E-state index is -0.140. The van der Waals surface area contributed by atoms with Crippen molar-refractivity contribution in [3.63, 3.8) is 0 Å². The molecule has 5 heteroatoms. The number of benzene rings is 1. The predicted octanol–water partition coefficient (Wildman–Crippen LogP) is 2.38. The van der Waals surface area contributed by atoms with Gasteiger partial charge in [0.25, 0.3) is 6.02 Å². The van der Waals surface area contributed by atoms with Crippen LogP contribution in [0.2, 0.25) is 0 Å². The topological polar surface area (TPSA) is 60.5 Å². The van der Waals surface area contributed by atoms with E-state index in [4.69, 9.17) is 10.5 Å². The normalized spacial score (nSPS) is 24.3. The molecule has 4 nitrogen and oxygen atoms in total. The number of rotatable bonds is 1. The van der Waals surface area contributed by atoms with Crippen LogP contribution in [0.3, 0.4) is 0 Å². The van der Waals surface area contributed by atoms with Crippen molar-refractivity contribution >= 4 is 17.4 Å². The molecule has 0 fully saturated rings. The lowest BCUT2D eigenvalue weighted by Gasteiger charge is -2.31. The highest BCUT2D eigenvalue weighted by atomic mass is 32.1. The van der Waals surface area contributed by atoms with Crippen LogP contribution >= 0.6 is 11.3 Å². The first kappa shape index (κ1) is 11.9. The molecule has 1 aromatic heterocycles. The van der Waals surface area contributed by atoms with E-state index in [0.717, 1.165) is 24.3 Å². The maximum atomic E-state index is 5.69. The van der Waals surface area contributed by atoms with Crippen LogP contribution in [0.15, 0.2) is 34.8 Å². The van der Waals surface area contributed by atoms with E-state index in [1.807, 2.05) is 11.6 Å². The number of hydrogen-bond donors (Lipinski definition) is 1. The van der Waals surface area contributed by atoms with Crippen molar-refractivity contribution in [3.8, 4) is 10.6 Å². The first-order chi connectivity index (χ1) is 9.76. The smallest absolute Gasteiger partial charge is 0.282 e. The van der Waals surface area contributed by atoms with Crippen LogP contribution in [0.1, 0.15) is 17.5 Å². The lowest BCUT2D eigenvalue weighted by molar-refractivity contribution is 0.235.